The number of alkyl halides is 2. The second-order valence-electron chi connectivity index (χ2n) is 4.02. The predicted octanol–water partition coefficient (Wildman–Crippen LogP) is 2.55. The van der Waals surface area contributed by atoms with E-state index in [9.17, 15) is 9.59 Å². The van der Waals surface area contributed by atoms with Crippen LogP contribution in [0.1, 0.15) is 12.5 Å². The third-order valence-corrected chi connectivity index (χ3v) is 2.94. The highest BCUT2D eigenvalue weighted by molar-refractivity contribution is 6.55. The number of methoxy groups -OCH3 is 1. The quantitative estimate of drug-likeness (QED) is 0.498. The van der Waals surface area contributed by atoms with Gasteiger partial charge in [0, 0.05) is 11.8 Å². The Balaban J connectivity index is 3.03. The summed E-state index contributed by atoms with van der Waals surface area (Å²) in [7, 11) is 1.30. The fraction of sp³-hybridized carbons (Fsp3) is 0.286. The van der Waals surface area contributed by atoms with Crippen LogP contribution in [0.5, 0.6) is 0 Å². The topological polar surface area (TPSA) is 55.4 Å². The van der Waals surface area contributed by atoms with E-state index >= 15 is 0 Å². The molecule has 4 nitrogen and oxygen atoms in total. The summed E-state index contributed by atoms with van der Waals surface area (Å²) in [5, 5.41) is 2.92. The monoisotopic (exact) mass is 315 g/mol. The summed E-state index contributed by atoms with van der Waals surface area (Å²) >= 11 is 11.1. The maximum Gasteiger partial charge on any atom is 0.327 e. The van der Waals surface area contributed by atoms with Gasteiger partial charge in [-0.2, -0.15) is 0 Å². The molecular weight excluding hydrogens is 301 g/mol. The van der Waals surface area contributed by atoms with Crippen LogP contribution in [-0.2, 0) is 14.3 Å². The number of carbonyl (C=O) groups excluding carboxylic acids is 2. The molecule has 0 aromatic heterocycles. The van der Waals surface area contributed by atoms with Gasteiger partial charge in [-0.05, 0) is 12.5 Å². The summed E-state index contributed by atoms with van der Waals surface area (Å²) in [5.74, 6) is -0.899. The number of rotatable bonds is 6. The normalized spacial score (nSPS) is 12.9. The number of halogens is 2. The number of benzene rings is 1. The first-order chi connectivity index (χ1) is 9.45. The average Bonchev–Trinajstić information content (AvgIpc) is 2.46. The van der Waals surface area contributed by atoms with Crippen molar-refractivity contribution >= 4 is 40.7 Å². The van der Waals surface area contributed by atoms with Gasteiger partial charge in [0.25, 0.3) is 0 Å². The maximum absolute atomic E-state index is 11.7. The van der Waals surface area contributed by atoms with E-state index in [1.165, 1.54) is 13.2 Å². The third kappa shape index (κ3) is 4.87. The van der Waals surface area contributed by atoms with Gasteiger partial charge in [-0.3, -0.25) is 4.79 Å². The Labute approximate surface area is 127 Å². The van der Waals surface area contributed by atoms with Crippen LogP contribution in [0.25, 0.3) is 5.70 Å². The van der Waals surface area contributed by atoms with Gasteiger partial charge in [-0.15, -0.1) is 0 Å². The zero-order valence-electron chi connectivity index (χ0n) is 11.1. The molecular formula is C14H15Cl2NO3. The van der Waals surface area contributed by atoms with E-state index in [4.69, 9.17) is 23.2 Å². The van der Waals surface area contributed by atoms with E-state index < -0.39 is 22.6 Å². The zero-order chi connectivity index (χ0) is 15.1. The van der Waals surface area contributed by atoms with Gasteiger partial charge >= 0.3 is 5.97 Å². The lowest BCUT2D eigenvalue weighted by atomic mass is 10.1. The van der Waals surface area contributed by atoms with E-state index in [2.05, 4.69) is 10.1 Å². The van der Waals surface area contributed by atoms with Crippen molar-refractivity contribution in [2.24, 2.45) is 0 Å². The van der Waals surface area contributed by atoms with Crippen molar-refractivity contribution in [1.29, 1.82) is 0 Å². The van der Waals surface area contributed by atoms with E-state index in [0.717, 1.165) is 5.56 Å². The number of carbonyl (C=O) groups is 2. The first-order valence-electron chi connectivity index (χ1n) is 5.89. The molecule has 108 valence electrons. The highest BCUT2D eigenvalue weighted by Gasteiger charge is 2.17. The number of hydrogen-bond acceptors (Lipinski definition) is 4. The van der Waals surface area contributed by atoms with Crippen molar-refractivity contribution < 1.29 is 14.3 Å². The van der Waals surface area contributed by atoms with Crippen molar-refractivity contribution in [2.75, 3.05) is 7.11 Å². The molecule has 0 aliphatic carbocycles. The lowest BCUT2D eigenvalue weighted by Crippen LogP contribution is -2.34. The molecule has 0 aliphatic heterocycles. The number of hydrogen-bond donors (Lipinski definition) is 1. The van der Waals surface area contributed by atoms with Crippen LogP contribution in [0.15, 0.2) is 36.4 Å². The zero-order valence-corrected chi connectivity index (χ0v) is 12.6. The largest absolute Gasteiger partial charge is 0.467 e. The molecule has 1 unspecified atom stereocenters. The molecule has 0 fully saturated rings. The summed E-state index contributed by atoms with van der Waals surface area (Å²) < 4.78 is 4.64. The standard InChI is InChI=1S/C14H15Cl2NO3/c1-9(14(19)20-2)17-11(8-12(18)13(15)16)10-6-4-3-5-7-10/h3-9,13,17H,1-2H3/b11-8+. The summed E-state index contributed by atoms with van der Waals surface area (Å²) in [6.45, 7) is 1.63. The van der Waals surface area contributed by atoms with Crippen molar-refractivity contribution in [3.8, 4) is 0 Å². The number of ether oxygens (including phenoxy) is 1. The molecule has 1 aromatic carbocycles. The fourth-order valence-corrected chi connectivity index (χ4v) is 1.63. The molecule has 0 saturated carbocycles. The number of ketones is 1. The molecule has 0 bridgehead atoms. The van der Waals surface area contributed by atoms with Crippen LogP contribution in [-0.4, -0.2) is 29.7 Å². The Morgan fingerprint density at radius 1 is 1.25 bits per heavy atom. The SMILES string of the molecule is COC(=O)C(C)N/C(=C/C(=O)C(Cl)Cl)c1ccccc1. The molecule has 0 amide bonds. The van der Waals surface area contributed by atoms with E-state index in [1.54, 1.807) is 19.1 Å². The van der Waals surface area contributed by atoms with Gasteiger partial charge in [0.2, 0.25) is 0 Å². The molecule has 0 spiro atoms. The Morgan fingerprint density at radius 2 is 1.85 bits per heavy atom. The summed E-state index contributed by atoms with van der Waals surface area (Å²) in [5.41, 5.74) is 1.20. The molecule has 1 N–H and O–H groups in total. The third-order valence-electron chi connectivity index (χ3n) is 2.51. The van der Waals surface area contributed by atoms with Gasteiger partial charge in [-0.1, -0.05) is 53.5 Å². The Morgan fingerprint density at radius 3 is 2.35 bits per heavy atom. The van der Waals surface area contributed by atoms with Crippen LogP contribution in [0.2, 0.25) is 0 Å². The van der Waals surface area contributed by atoms with E-state index in [0.29, 0.717) is 5.70 Å². The van der Waals surface area contributed by atoms with E-state index in [-0.39, 0.29) is 0 Å². The molecule has 0 radical (unpaired) electrons. The lowest BCUT2D eigenvalue weighted by Gasteiger charge is -2.16. The van der Waals surface area contributed by atoms with Gasteiger partial charge < -0.3 is 10.1 Å². The Kier molecular flexibility index (Phi) is 6.55. The molecule has 1 aromatic rings. The highest BCUT2D eigenvalue weighted by atomic mass is 35.5. The maximum atomic E-state index is 11.7. The van der Waals surface area contributed by atoms with E-state index in [1.807, 2.05) is 18.2 Å². The van der Waals surface area contributed by atoms with Crippen LogP contribution >= 0.6 is 23.2 Å². The second kappa shape index (κ2) is 7.92. The van der Waals surface area contributed by atoms with Crippen LogP contribution < -0.4 is 5.32 Å². The number of allylic oxidation sites excluding steroid dienone is 1. The van der Waals surface area contributed by atoms with Crippen molar-refractivity contribution in [2.45, 2.75) is 17.8 Å². The number of esters is 1. The summed E-state index contributed by atoms with van der Waals surface area (Å²) in [6.07, 6.45) is 1.28. The summed E-state index contributed by atoms with van der Waals surface area (Å²) in [6, 6.07) is 8.47. The summed E-state index contributed by atoms with van der Waals surface area (Å²) in [4.78, 5) is 22.0. The van der Waals surface area contributed by atoms with Crippen molar-refractivity contribution in [3.05, 3.63) is 42.0 Å². The smallest absolute Gasteiger partial charge is 0.327 e. The minimum Gasteiger partial charge on any atom is -0.467 e. The van der Waals surface area contributed by atoms with Gasteiger partial charge in [0.05, 0.1) is 7.11 Å². The van der Waals surface area contributed by atoms with Crippen LogP contribution in [0.3, 0.4) is 0 Å². The molecule has 0 saturated heterocycles. The molecule has 1 rings (SSSR count). The minimum atomic E-state index is -1.15. The molecule has 20 heavy (non-hydrogen) atoms. The van der Waals surface area contributed by atoms with Gasteiger partial charge in [-0.25, -0.2) is 4.79 Å². The molecule has 6 heteroatoms. The van der Waals surface area contributed by atoms with Crippen molar-refractivity contribution in [1.82, 2.24) is 5.32 Å². The first kappa shape index (κ1) is 16.5. The average molecular weight is 316 g/mol. The highest BCUT2D eigenvalue weighted by Crippen LogP contribution is 2.14. The van der Waals surface area contributed by atoms with Crippen molar-refractivity contribution in [3.63, 3.8) is 0 Å². The first-order valence-corrected chi connectivity index (χ1v) is 6.76. The Bertz CT molecular complexity index is 500. The van der Waals surface area contributed by atoms with Gasteiger partial charge in [0.1, 0.15) is 6.04 Å². The Hall–Kier alpha value is -1.52. The molecule has 0 aliphatic rings. The predicted molar refractivity (Wildman–Crippen MR) is 79.5 cm³/mol. The molecule has 1 atom stereocenters. The lowest BCUT2D eigenvalue weighted by molar-refractivity contribution is -0.142. The number of nitrogens with one attached hydrogen (secondary N) is 1. The fourth-order valence-electron chi connectivity index (χ4n) is 1.50. The van der Waals surface area contributed by atoms with Gasteiger partial charge in [0.15, 0.2) is 10.6 Å². The van der Waals surface area contributed by atoms with Crippen LogP contribution in [0, 0.1) is 0 Å². The van der Waals surface area contributed by atoms with Crippen LogP contribution in [0.4, 0.5) is 0 Å². The minimum absolute atomic E-state index is 0.437. The molecule has 0 heterocycles. The second-order valence-corrected chi connectivity index (χ2v) is 5.11.